The van der Waals surface area contributed by atoms with Crippen molar-refractivity contribution < 1.29 is 17.9 Å². The molecule has 8 nitrogen and oxygen atoms in total. The number of carbonyl (C=O) groups excluding carboxylic acids is 1. The second kappa shape index (κ2) is 10.3. The zero-order valence-electron chi connectivity index (χ0n) is 18.3. The van der Waals surface area contributed by atoms with Gasteiger partial charge in [-0.15, -0.1) is 0 Å². The quantitative estimate of drug-likeness (QED) is 0.312. The van der Waals surface area contributed by atoms with Crippen molar-refractivity contribution in [3.8, 4) is 5.75 Å². The number of thiocarbonyl (C=S) groups is 1. The maximum Gasteiger partial charge on any atom is 0.269 e. The van der Waals surface area contributed by atoms with Crippen molar-refractivity contribution in [2.75, 3.05) is 17.1 Å². The van der Waals surface area contributed by atoms with Crippen LogP contribution in [0.1, 0.15) is 21.5 Å². The Bertz CT molecular complexity index is 1280. The van der Waals surface area contributed by atoms with Gasteiger partial charge >= 0.3 is 0 Å². The summed E-state index contributed by atoms with van der Waals surface area (Å²) in [5, 5.41) is 3.22. The lowest BCUT2D eigenvalue weighted by atomic mass is 10.1. The van der Waals surface area contributed by atoms with E-state index in [9.17, 15) is 13.2 Å². The van der Waals surface area contributed by atoms with Crippen molar-refractivity contribution >= 4 is 44.6 Å². The van der Waals surface area contributed by atoms with Crippen LogP contribution in [-0.2, 0) is 10.0 Å². The molecule has 4 N–H and O–H groups in total. The van der Waals surface area contributed by atoms with E-state index in [-0.39, 0.29) is 15.6 Å². The minimum atomic E-state index is -3.90. The highest BCUT2D eigenvalue weighted by Crippen LogP contribution is 2.20. The van der Waals surface area contributed by atoms with Gasteiger partial charge in [0.25, 0.3) is 15.9 Å². The number of carbonyl (C=O) groups is 1. The molecule has 0 unspecified atom stereocenters. The van der Waals surface area contributed by atoms with E-state index in [4.69, 9.17) is 17.0 Å². The molecule has 0 saturated carbocycles. The van der Waals surface area contributed by atoms with Crippen molar-refractivity contribution in [1.82, 2.24) is 10.9 Å². The van der Waals surface area contributed by atoms with Gasteiger partial charge in [-0.3, -0.25) is 20.4 Å². The fraction of sp³-hybridized carbons (Fsp3) is 0.130. The predicted molar refractivity (Wildman–Crippen MR) is 133 cm³/mol. The van der Waals surface area contributed by atoms with Crippen molar-refractivity contribution in [2.24, 2.45) is 0 Å². The van der Waals surface area contributed by atoms with E-state index in [1.54, 1.807) is 24.3 Å². The van der Waals surface area contributed by atoms with Gasteiger partial charge in [0, 0.05) is 16.9 Å². The standard InChI is InChI=1S/C23H24N4O4S2/c1-15-7-8-16(2)21(13-15)24-23(32)26-25-22(28)17-5-4-6-20(14-17)33(29,30)27-18-9-11-19(31-3)12-10-18/h4-14,27H,1-3H3,(H,25,28)(H2,24,26,32). The normalized spacial score (nSPS) is 10.8. The predicted octanol–water partition coefficient (Wildman–Crippen LogP) is 3.74. The highest BCUT2D eigenvalue weighted by atomic mass is 32.2. The molecule has 3 rings (SSSR count). The molecule has 3 aromatic rings. The monoisotopic (exact) mass is 484 g/mol. The van der Waals surface area contributed by atoms with Crippen LogP contribution >= 0.6 is 12.2 Å². The third-order valence-electron chi connectivity index (χ3n) is 4.68. The minimum absolute atomic E-state index is 0.0537. The molecule has 0 bridgehead atoms. The smallest absolute Gasteiger partial charge is 0.269 e. The van der Waals surface area contributed by atoms with Crippen LogP contribution in [0.4, 0.5) is 11.4 Å². The number of benzene rings is 3. The maximum absolute atomic E-state index is 12.7. The molecular weight excluding hydrogens is 460 g/mol. The molecule has 0 heterocycles. The topological polar surface area (TPSA) is 109 Å². The first-order valence-electron chi connectivity index (χ1n) is 9.89. The molecule has 10 heteroatoms. The summed E-state index contributed by atoms with van der Waals surface area (Å²) in [5.41, 5.74) is 8.50. The van der Waals surface area contributed by atoms with E-state index in [1.807, 2.05) is 32.0 Å². The second-order valence-corrected chi connectivity index (χ2v) is 9.30. The number of hydrazine groups is 1. The molecule has 1 amide bonds. The van der Waals surface area contributed by atoms with Gasteiger partial charge in [0.2, 0.25) is 0 Å². The highest BCUT2D eigenvalue weighted by Gasteiger charge is 2.17. The van der Waals surface area contributed by atoms with Crippen LogP contribution < -0.4 is 25.6 Å². The number of rotatable bonds is 6. The number of ether oxygens (including phenoxy) is 1. The van der Waals surface area contributed by atoms with Crippen LogP contribution in [0.25, 0.3) is 0 Å². The molecule has 0 radical (unpaired) electrons. The molecule has 0 aliphatic rings. The SMILES string of the molecule is COc1ccc(NS(=O)(=O)c2cccc(C(=O)NNC(=S)Nc3cc(C)ccc3C)c2)cc1. The summed E-state index contributed by atoms with van der Waals surface area (Å²) in [6, 6.07) is 18.0. The van der Waals surface area contributed by atoms with Gasteiger partial charge < -0.3 is 10.1 Å². The third kappa shape index (κ3) is 6.43. The van der Waals surface area contributed by atoms with Gasteiger partial charge in [-0.1, -0.05) is 18.2 Å². The highest BCUT2D eigenvalue weighted by molar-refractivity contribution is 7.92. The van der Waals surface area contributed by atoms with Crippen LogP contribution in [0, 0.1) is 13.8 Å². The Labute approximate surface area is 198 Å². The third-order valence-corrected chi connectivity index (χ3v) is 6.26. The number of aryl methyl sites for hydroxylation is 2. The van der Waals surface area contributed by atoms with Crippen molar-refractivity contribution in [1.29, 1.82) is 0 Å². The molecule has 3 aromatic carbocycles. The van der Waals surface area contributed by atoms with E-state index in [0.717, 1.165) is 16.8 Å². The Balaban J connectivity index is 1.64. The number of sulfonamides is 1. The molecule has 0 atom stereocenters. The molecule has 33 heavy (non-hydrogen) atoms. The van der Waals surface area contributed by atoms with Crippen LogP contribution in [-0.4, -0.2) is 26.5 Å². The lowest BCUT2D eigenvalue weighted by Crippen LogP contribution is -2.43. The van der Waals surface area contributed by atoms with E-state index in [1.165, 1.54) is 31.4 Å². The van der Waals surface area contributed by atoms with Gasteiger partial charge in [0.15, 0.2) is 5.11 Å². The van der Waals surface area contributed by atoms with Gasteiger partial charge in [-0.05, 0) is 85.7 Å². The van der Waals surface area contributed by atoms with Gasteiger partial charge in [-0.25, -0.2) is 8.42 Å². The maximum atomic E-state index is 12.7. The molecule has 172 valence electrons. The number of methoxy groups -OCH3 is 1. The zero-order chi connectivity index (χ0) is 24.0. The summed E-state index contributed by atoms with van der Waals surface area (Å²) < 4.78 is 33.0. The Morgan fingerprint density at radius 1 is 0.939 bits per heavy atom. The fourth-order valence-corrected chi connectivity index (χ4v) is 4.15. The lowest BCUT2D eigenvalue weighted by molar-refractivity contribution is 0.0944. The fourth-order valence-electron chi connectivity index (χ4n) is 2.89. The van der Waals surface area contributed by atoms with E-state index in [0.29, 0.717) is 11.4 Å². The number of amides is 1. The van der Waals surface area contributed by atoms with Gasteiger partial charge in [0.1, 0.15) is 5.75 Å². The first-order valence-corrected chi connectivity index (χ1v) is 11.8. The summed E-state index contributed by atoms with van der Waals surface area (Å²) in [5.74, 6) is 0.0655. The zero-order valence-corrected chi connectivity index (χ0v) is 19.9. The molecule has 0 fully saturated rings. The molecule has 0 saturated heterocycles. The molecule has 0 aliphatic carbocycles. The van der Waals surface area contributed by atoms with Gasteiger partial charge in [0.05, 0.1) is 12.0 Å². The molecule has 0 spiro atoms. The van der Waals surface area contributed by atoms with Crippen LogP contribution in [0.5, 0.6) is 5.75 Å². The average Bonchev–Trinajstić information content (AvgIpc) is 2.80. The largest absolute Gasteiger partial charge is 0.497 e. The van der Waals surface area contributed by atoms with Crippen molar-refractivity contribution in [3.05, 3.63) is 83.4 Å². The molecule has 0 aromatic heterocycles. The van der Waals surface area contributed by atoms with Crippen molar-refractivity contribution in [2.45, 2.75) is 18.7 Å². The van der Waals surface area contributed by atoms with E-state index in [2.05, 4.69) is 20.9 Å². The number of nitrogens with one attached hydrogen (secondary N) is 4. The number of hydrogen-bond acceptors (Lipinski definition) is 5. The summed E-state index contributed by atoms with van der Waals surface area (Å²) >= 11 is 5.23. The van der Waals surface area contributed by atoms with Crippen LogP contribution in [0.3, 0.4) is 0 Å². The van der Waals surface area contributed by atoms with Crippen molar-refractivity contribution in [3.63, 3.8) is 0 Å². The number of anilines is 2. The first kappa shape index (κ1) is 24.0. The van der Waals surface area contributed by atoms with Crippen LogP contribution in [0.2, 0.25) is 0 Å². The minimum Gasteiger partial charge on any atom is -0.497 e. The Morgan fingerprint density at radius 2 is 1.67 bits per heavy atom. The molecule has 0 aliphatic heterocycles. The summed E-state index contributed by atoms with van der Waals surface area (Å²) in [4.78, 5) is 12.5. The van der Waals surface area contributed by atoms with Gasteiger partial charge in [-0.2, -0.15) is 0 Å². The van der Waals surface area contributed by atoms with E-state index < -0.39 is 15.9 Å². The van der Waals surface area contributed by atoms with E-state index >= 15 is 0 Å². The lowest BCUT2D eigenvalue weighted by Gasteiger charge is -2.14. The molecular formula is C23H24N4O4S2. The number of hydrogen-bond donors (Lipinski definition) is 4. The second-order valence-electron chi connectivity index (χ2n) is 7.21. The first-order chi connectivity index (χ1) is 15.7. The summed E-state index contributed by atoms with van der Waals surface area (Å²) in [6.45, 7) is 3.91. The summed E-state index contributed by atoms with van der Waals surface area (Å²) in [6.07, 6.45) is 0. The Morgan fingerprint density at radius 3 is 2.36 bits per heavy atom. The summed E-state index contributed by atoms with van der Waals surface area (Å²) in [7, 11) is -2.37. The Hall–Kier alpha value is -3.63. The van der Waals surface area contributed by atoms with Crippen LogP contribution in [0.15, 0.2) is 71.6 Å². The Kier molecular flexibility index (Phi) is 7.52. The average molecular weight is 485 g/mol.